The summed E-state index contributed by atoms with van der Waals surface area (Å²) in [5.41, 5.74) is -3.66. The number of nitrogens with zero attached hydrogens (tertiary/aromatic N) is 2. The van der Waals surface area contributed by atoms with Gasteiger partial charge in [0.1, 0.15) is 0 Å². The molecule has 12 heteroatoms. The number of sulfonamides is 1. The summed E-state index contributed by atoms with van der Waals surface area (Å²) in [7, 11) is -5.55. The monoisotopic (exact) mass is 515 g/mol. The first-order valence-electron chi connectivity index (χ1n) is 10.5. The van der Waals surface area contributed by atoms with E-state index in [0.717, 1.165) is 17.0 Å². The van der Waals surface area contributed by atoms with Gasteiger partial charge >= 0.3 is 15.5 Å². The number of alkyl halides is 3. The summed E-state index contributed by atoms with van der Waals surface area (Å²) in [6.07, 6.45) is 0. The van der Waals surface area contributed by atoms with Crippen molar-refractivity contribution in [1.82, 2.24) is 4.90 Å². The minimum atomic E-state index is -5.55. The van der Waals surface area contributed by atoms with Crippen LogP contribution in [0.5, 0.6) is 0 Å². The molecule has 0 spiro atoms. The number of halogens is 3. The third-order valence-corrected chi connectivity index (χ3v) is 7.02. The van der Waals surface area contributed by atoms with Crippen molar-refractivity contribution in [2.24, 2.45) is 0 Å². The Hall–Kier alpha value is -4.19. The Morgan fingerprint density at radius 3 is 2.00 bits per heavy atom. The highest BCUT2D eigenvalue weighted by Crippen LogP contribution is 2.36. The van der Waals surface area contributed by atoms with Crippen LogP contribution in [-0.4, -0.2) is 36.5 Å². The molecular weight excluding hydrogens is 499 g/mol. The zero-order valence-electron chi connectivity index (χ0n) is 18.2. The summed E-state index contributed by atoms with van der Waals surface area (Å²) in [4.78, 5) is 41.6. The number of rotatable bonds is 5. The minimum Gasteiger partial charge on any atom is -0.330 e. The van der Waals surface area contributed by atoms with Gasteiger partial charge in [0.2, 0.25) is 0 Å². The van der Waals surface area contributed by atoms with Gasteiger partial charge < -0.3 is 4.90 Å². The lowest BCUT2D eigenvalue weighted by atomic mass is 10.1. The molecule has 2 aliphatic heterocycles. The standard InChI is InChI=1S/C24H16F3N3O5S/c25-24(26,27)36(34,35)28-16-10-8-14(9-11-16)12-29-13-15-4-3-7-19(20(15)23(29)33)30-21(31)17-5-1-2-6-18(17)22(30)32/h1-11,28H,12-13H2. The maximum absolute atomic E-state index is 13.3. The van der Waals surface area contributed by atoms with Crippen molar-refractivity contribution in [3.8, 4) is 0 Å². The highest BCUT2D eigenvalue weighted by atomic mass is 32.2. The fraction of sp³-hybridized carbons (Fsp3) is 0.125. The first-order valence-corrected chi connectivity index (χ1v) is 12.0. The van der Waals surface area contributed by atoms with Gasteiger partial charge in [0.25, 0.3) is 17.7 Å². The molecule has 1 N–H and O–H groups in total. The summed E-state index contributed by atoms with van der Waals surface area (Å²) in [5.74, 6) is -1.46. The van der Waals surface area contributed by atoms with Gasteiger partial charge in [-0.1, -0.05) is 36.4 Å². The topological polar surface area (TPSA) is 104 Å². The number of hydrogen-bond acceptors (Lipinski definition) is 5. The summed E-state index contributed by atoms with van der Waals surface area (Å²) in [6.45, 7) is 0.259. The molecule has 3 aromatic carbocycles. The molecule has 0 aliphatic carbocycles. The number of amides is 3. The number of fused-ring (bicyclic) bond motifs is 2. The van der Waals surface area contributed by atoms with Crippen molar-refractivity contribution in [3.05, 3.63) is 94.5 Å². The highest BCUT2D eigenvalue weighted by molar-refractivity contribution is 7.93. The average Bonchev–Trinajstić information content (AvgIpc) is 3.28. The van der Waals surface area contributed by atoms with Crippen LogP contribution in [0.1, 0.15) is 42.2 Å². The Bertz CT molecular complexity index is 1500. The van der Waals surface area contributed by atoms with Crippen LogP contribution in [0.2, 0.25) is 0 Å². The third-order valence-electron chi connectivity index (χ3n) is 5.91. The maximum Gasteiger partial charge on any atom is 0.516 e. The van der Waals surface area contributed by atoms with E-state index >= 15 is 0 Å². The molecule has 0 bridgehead atoms. The fourth-order valence-electron chi connectivity index (χ4n) is 4.23. The lowest BCUT2D eigenvalue weighted by Gasteiger charge is -2.18. The number of imide groups is 1. The van der Waals surface area contributed by atoms with E-state index in [-0.39, 0.29) is 41.2 Å². The third kappa shape index (κ3) is 3.79. The van der Waals surface area contributed by atoms with Crippen LogP contribution in [0.3, 0.4) is 0 Å². The van der Waals surface area contributed by atoms with Gasteiger partial charge in [0, 0.05) is 18.8 Å². The molecule has 0 saturated heterocycles. The van der Waals surface area contributed by atoms with Crippen LogP contribution in [0.4, 0.5) is 24.5 Å². The van der Waals surface area contributed by atoms with Crippen molar-refractivity contribution in [3.63, 3.8) is 0 Å². The minimum absolute atomic E-state index is 0.0708. The zero-order valence-corrected chi connectivity index (χ0v) is 19.1. The van der Waals surface area contributed by atoms with E-state index < -0.39 is 33.3 Å². The van der Waals surface area contributed by atoms with Crippen molar-refractivity contribution in [1.29, 1.82) is 0 Å². The van der Waals surface area contributed by atoms with Crippen LogP contribution >= 0.6 is 0 Å². The van der Waals surface area contributed by atoms with Gasteiger partial charge in [0.05, 0.1) is 22.4 Å². The largest absolute Gasteiger partial charge is 0.516 e. The van der Waals surface area contributed by atoms with Crippen LogP contribution in [-0.2, 0) is 23.1 Å². The number of hydrogen-bond donors (Lipinski definition) is 1. The second-order valence-corrected chi connectivity index (χ2v) is 9.89. The van der Waals surface area contributed by atoms with Crippen molar-refractivity contribution in [2.75, 3.05) is 9.62 Å². The Balaban J connectivity index is 1.37. The molecule has 184 valence electrons. The molecule has 0 atom stereocenters. The molecule has 2 heterocycles. The van der Waals surface area contributed by atoms with Gasteiger partial charge in [-0.05, 0) is 41.5 Å². The molecule has 36 heavy (non-hydrogen) atoms. The quantitative estimate of drug-likeness (QED) is 0.519. The Morgan fingerprint density at radius 1 is 0.806 bits per heavy atom. The number of carbonyl (C=O) groups is 3. The molecule has 0 fully saturated rings. The summed E-state index contributed by atoms with van der Waals surface area (Å²) in [5, 5.41) is 0. The molecule has 0 saturated carbocycles. The molecule has 0 radical (unpaired) electrons. The lowest BCUT2D eigenvalue weighted by molar-refractivity contribution is -0.0429. The average molecular weight is 515 g/mol. The van der Waals surface area contributed by atoms with Crippen molar-refractivity contribution < 1.29 is 36.0 Å². The van der Waals surface area contributed by atoms with Crippen LogP contribution in [0.15, 0.2) is 66.7 Å². The predicted molar refractivity (Wildman–Crippen MR) is 123 cm³/mol. The fourth-order valence-corrected chi connectivity index (χ4v) is 4.80. The molecule has 0 aromatic heterocycles. The van der Waals surface area contributed by atoms with E-state index in [9.17, 15) is 36.0 Å². The van der Waals surface area contributed by atoms with E-state index in [0.29, 0.717) is 11.1 Å². The van der Waals surface area contributed by atoms with E-state index in [1.54, 1.807) is 36.4 Å². The van der Waals surface area contributed by atoms with E-state index in [4.69, 9.17) is 0 Å². The number of nitrogens with one attached hydrogen (secondary N) is 1. The predicted octanol–water partition coefficient (Wildman–Crippen LogP) is 3.90. The SMILES string of the molecule is O=C1c2c(cccc2N2C(=O)c3ccccc3C2=O)CN1Cc1ccc(NS(=O)(=O)C(F)(F)F)cc1. The van der Waals surface area contributed by atoms with E-state index in [1.165, 1.54) is 27.8 Å². The molecule has 8 nitrogen and oxygen atoms in total. The molecule has 0 unspecified atom stereocenters. The molecule has 2 aliphatic rings. The summed E-state index contributed by atoms with van der Waals surface area (Å²) < 4.78 is 61.7. The summed E-state index contributed by atoms with van der Waals surface area (Å²) in [6, 6.07) is 16.4. The van der Waals surface area contributed by atoms with Crippen LogP contribution < -0.4 is 9.62 Å². The number of anilines is 2. The molecular formula is C24H16F3N3O5S. The second-order valence-electron chi connectivity index (χ2n) is 8.21. The lowest BCUT2D eigenvalue weighted by Crippen LogP contribution is -2.31. The van der Waals surface area contributed by atoms with E-state index in [2.05, 4.69) is 0 Å². The Labute approximate surface area is 203 Å². The Morgan fingerprint density at radius 2 is 1.42 bits per heavy atom. The van der Waals surface area contributed by atoms with Crippen molar-refractivity contribution in [2.45, 2.75) is 18.6 Å². The van der Waals surface area contributed by atoms with Gasteiger partial charge in [-0.3, -0.25) is 19.1 Å². The summed E-state index contributed by atoms with van der Waals surface area (Å²) >= 11 is 0. The first-order chi connectivity index (χ1) is 17.0. The normalized spacial score (nSPS) is 15.4. The smallest absolute Gasteiger partial charge is 0.330 e. The van der Waals surface area contributed by atoms with Gasteiger partial charge in [-0.15, -0.1) is 0 Å². The Kier molecular flexibility index (Phi) is 5.36. The highest BCUT2D eigenvalue weighted by Gasteiger charge is 2.46. The van der Waals surface area contributed by atoms with Gasteiger partial charge in [-0.25, -0.2) is 4.90 Å². The maximum atomic E-state index is 13.3. The molecule has 3 amide bonds. The van der Waals surface area contributed by atoms with Crippen molar-refractivity contribution >= 4 is 39.1 Å². The molecule has 3 aromatic rings. The van der Waals surface area contributed by atoms with Crippen LogP contribution in [0.25, 0.3) is 0 Å². The number of benzene rings is 3. The van der Waals surface area contributed by atoms with E-state index in [1.807, 2.05) is 0 Å². The zero-order chi connectivity index (χ0) is 25.8. The van der Waals surface area contributed by atoms with Gasteiger partial charge in [-0.2, -0.15) is 21.6 Å². The van der Waals surface area contributed by atoms with Crippen LogP contribution in [0, 0.1) is 0 Å². The number of carbonyl (C=O) groups excluding carboxylic acids is 3. The second kappa shape index (κ2) is 8.19. The first kappa shape index (κ1) is 23.5. The van der Waals surface area contributed by atoms with Gasteiger partial charge in [0.15, 0.2) is 0 Å². The molecule has 5 rings (SSSR count).